The number of hydrazine groups is 1. The van der Waals surface area contributed by atoms with Gasteiger partial charge in [-0.3, -0.25) is 15.2 Å². The number of rotatable bonds is 1. The highest BCUT2D eigenvalue weighted by Crippen LogP contribution is 2.14. The zero-order valence-electron chi connectivity index (χ0n) is 8.07. The van der Waals surface area contributed by atoms with E-state index >= 15 is 0 Å². The average Bonchev–Trinajstić information content (AvgIpc) is 2.44. The van der Waals surface area contributed by atoms with Crippen LogP contribution < -0.4 is 10.4 Å². The van der Waals surface area contributed by atoms with Crippen LogP contribution in [-0.2, 0) is 4.79 Å². The third-order valence-electron chi connectivity index (χ3n) is 2.36. The molecule has 0 spiro atoms. The third kappa shape index (κ3) is 2.05. The summed E-state index contributed by atoms with van der Waals surface area (Å²) in [5, 5.41) is 1.93. The van der Waals surface area contributed by atoms with Crippen LogP contribution in [0.5, 0.6) is 0 Å². The van der Waals surface area contributed by atoms with E-state index in [0.717, 1.165) is 25.1 Å². The largest absolute Gasteiger partial charge is 0.286 e. The van der Waals surface area contributed by atoms with Crippen molar-refractivity contribution >= 4 is 11.6 Å². The number of anilines is 1. The van der Waals surface area contributed by atoms with E-state index in [1.54, 1.807) is 0 Å². The second-order valence-corrected chi connectivity index (χ2v) is 3.48. The quantitative estimate of drug-likeness (QED) is 0.731. The van der Waals surface area contributed by atoms with E-state index in [4.69, 9.17) is 0 Å². The van der Waals surface area contributed by atoms with Crippen molar-refractivity contribution < 1.29 is 4.79 Å². The normalized spacial score (nSPS) is 17.4. The third-order valence-corrected chi connectivity index (χ3v) is 2.36. The number of hydrogen-bond acceptors (Lipinski definition) is 2. The van der Waals surface area contributed by atoms with E-state index in [1.807, 2.05) is 35.3 Å². The molecule has 14 heavy (non-hydrogen) atoms. The molecule has 2 rings (SSSR count). The second-order valence-electron chi connectivity index (χ2n) is 3.48. The van der Waals surface area contributed by atoms with Gasteiger partial charge in [0.25, 0.3) is 0 Å². The van der Waals surface area contributed by atoms with Gasteiger partial charge in [-0.15, -0.1) is 0 Å². The molecule has 1 saturated heterocycles. The fourth-order valence-corrected chi connectivity index (χ4v) is 1.62. The molecule has 0 aromatic heterocycles. The number of benzene rings is 1. The van der Waals surface area contributed by atoms with E-state index in [9.17, 15) is 4.79 Å². The molecular formula is C11H14N2O. The van der Waals surface area contributed by atoms with Crippen molar-refractivity contribution in [3.05, 3.63) is 30.3 Å². The van der Waals surface area contributed by atoms with Crippen LogP contribution in [0.25, 0.3) is 0 Å². The molecule has 1 aliphatic rings. The van der Waals surface area contributed by atoms with Gasteiger partial charge in [-0.2, -0.15) is 0 Å². The van der Waals surface area contributed by atoms with Crippen molar-refractivity contribution in [3.8, 4) is 0 Å². The molecule has 1 heterocycles. The molecule has 1 aromatic rings. The summed E-state index contributed by atoms with van der Waals surface area (Å²) in [6.45, 7) is 0.899. The Balaban J connectivity index is 2.13. The van der Waals surface area contributed by atoms with E-state index in [2.05, 4.69) is 5.43 Å². The maximum absolute atomic E-state index is 11.3. The molecule has 0 saturated carbocycles. The molecule has 0 bridgehead atoms. The predicted octanol–water partition coefficient (Wildman–Crippen LogP) is 1.71. The zero-order chi connectivity index (χ0) is 9.80. The Morgan fingerprint density at radius 1 is 1.14 bits per heavy atom. The number of carbonyl (C=O) groups excluding carboxylic acids is 1. The van der Waals surface area contributed by atoms with Gasteiger partial charge in [0.1, 0.15) is 0 Å². The van der Waals surface area contributed by atoms with Gasteiger partial charge in [0.05, 0.1) is 5.69 Å². The van der Waals surface area contributed by atoms with E-state index in [0.29, 0.717) is 6.42 Å². The molecule has 3 heteroatoms. The Morgan fingerprint density at radius 2 is 1.93 bits per heavy atom. The molecule has 0 aliphatic carbocycles. The van der Waals surface area contributed by atoms with Crippen molar-refractivity contribution in [2.24, 2.45) is 0 Å². The van der Waals surface area contributed by atoms with Crippen LogP contribution in [0.3, 0.4) is 0 Å². The summed E-state index contributed by atoms with van der Waals surface area (Å²) < 4.78 is 0. The Morgan fingerprint density at radius 3 is 2.71 bits per heavy atom. The summed E-state index contributed by atoms with van der Waals surface area (Å²) >= 11 is 0. The van der Waals surface area contributed by atoms with Crippen LogP contribution in [0.15, 0.2) is 30.3 Å². The molecule has 1 aromatic carbocycles. The molecule has 1 N–H and O–H groups in total. The van der Waals surface area contributed by atoms with Gasteiger partial charge in [0.2, 0.25) is 5.91 Å². The molecule has 1 amide bonds. The lowest BCUT2D eigenvalue weighted by Gasteiger charge is -2.22. The summed E-state index contributed by atoms with van der Waals surface area (Å²) in [6.07, 6.45) is 2.69. The minimum Gasteiger partial charge on any atom is -0.286 e. The van der Waals surface area contributed by atoms with Crippen LogP contribution in [0.1, 0.15) is 19.3 Å². The monoisotopic (exact) mass is 190 g/mol. The maximum Gasteiger partial charge on any atom is 0.238 e. The minimum atomic E-state index is 0.117. The maximum atomic E-state index is 11.3. The zero-order valence-corrected chi connectivity index (χ0v) is 8.07. The average molecular weight is 190 g/mol. The van der Waals surface area contributed by atoms with Gasteiger partial charge in [-0.05, 0) is 25.0 Å². The number of hydrogen-bond donors (Lipinski definition) is 1. The lowest BCUT2D eigenvalue weighted by atomic mass is 10.2. The summed E-state index contributed by atoms with van der Waals surface area (Å²) in [5.41, 5.74) is 3.95. The second kappa shape index (κ2) is 4.13. The van der Waals surface area contributed by atoms with Crippen LogP contribution in [0, 0.1) is 0 Å². The molecule has 3 nitrogen and oxygen atoms in total. The first kappa shape index (κ1) is 9.06. The topological polar surface area (TPSA) is 32.3 Å². The summed E-state index contributed by atoms with van der Waals surface area (Å²) in [4.78, 5) is 11.3. The van der Waals surface area contributed by atoms with Gasteiger partial charge in [0.15, 0.2) is 0 Å². The van der Waals surface area contributed by atoms with E-state index < -0.39 is 0 Å². The number of nitrogens with one attached hydrogen (secondary N) is 1. The molecule has 1 aliphatic heterocycles. The number of amides is 1. The lowest BCUT2D eigenvalue weighted by Crippen LogP contribution is -2.40. The Hall–Kier alpha value is -1.51. The summed E-state index contributed by atoms with van der Waals surface area (Å²) in [7, 11) is 0. The van der Waals surface area contributed by atoms with E-state index in [1.165, 1.54) is 0 Å². The van der Waals surface area contributed by atoms with Gasteiger partial charge >= 0.3 is 0 Å². The van der Waals surface area contributed by atoms with E-state index in [-0.39, 0.29) is 5.91 Å². The summed E-state index contributed by atoms with van der Waals surface area (Å²) in [5.74, 6) is 0.117. The highest BCUT2D eigenvalue weighted by atomic mass is 16.2. The smallest absolute Gasteiger partial charge is 0.238 e. The van der Waals surface area contributed by atoms with Crippen molar-refractivity contribution in [2.75, 3.05) is 11.6 Å². The first-order valence-electron chi connectivity index (χ1n) is 4.98. The van der Waals surface area contributed by atoms with Crippen molar-refractivity contribution in [1.82, 2.24) is 5.43 Å². The van der Waals surface area contributed by atoms with Crippen LogP contribution in [0.4, 0.5) is 5.69 Å². The van der Waals surface area contributed by atoms with Gasteiger partial charge < -0.3 is 0 Å². The fourth-order valence-electron chi connectivity index (χ4n) is 1.62. The van der Waals surface area contributed by atoms with Crippen LogP contribution in [0.2, 0.25) is 0 Å². The van der Waals surface area contributed by atoms with Crippen LogP contribution in [-0.4, -0.2) is 12.5 Å². The molecule has 0 atom stereocenters. The van der Waals surface area contributed by atoms with Gasteiger partial charge in [0, 0.05) is 13.0 Å². The Kier molecular flexibility index (Phi) is 2.68. The molecular weight excluding hydrogens is 176 g/mol. The highest BCUT2D eigenvalue weighted by Gasteiger charge is 2.13. The minimum absolute atomic E-state index is 0.117. The molecule has 74 valence electrons. The molecule has 0 radical (unpaired) electrons. The summed E-state index contributed by atoms with van der Waals surface area (Å²) in [6, 6.07) is 9.94. The number of nitrogens with zero attached hydrogens (tertiary/aromatic N) is 1. The van der Waals surface area contributed by atoms with Crippen molar-refractivity contribution in [1.29, 1.82) is 0 Å². The standard InChI is InChI=1S/C11H14N2O/c14-11-8-4-5-9-13(12-11)10-6-2-1-3-7-10/h1-3,6-7H,4-5,8-9H2,(H,12,14). The highest BCUT2D eigenvalue weighted by molar-refractivity contribution is 5.78. The Labute approximate surface area is 83.7 Å². The SMILES string of the molecule is O=C1CCCCN(c2ccccc2)N1. The Bertz CT molecular complexity index is 310. The lowest BCUT2D eigenvalue weighted by molar-refractivity contribution is -0.120. The number of para-hydroxylation sites is 1. The van der Waals surface area contributed by atoms with Gasteiger partial charge in [-0.25, -0.2) is 0 Å². The first-order valence-corrected chi connectivity index (χ1v) is 4.98. The number of carbonyl (C=O) groups is 1. The van der Waals surface area contributed by atoms with Crippen molar-refractivity contribution in [2.45, 2.75) is 19.3 Å². The first-order chi connectivity index (χ1) is 6.86. The molecule has 1 fully saturated rings. The van der Waals surface area contributed by atoms with Crippen molar-refractivity contribution in [3.63, 3.8) is 0 Å². The fraction of sp³-hybridized carbons (Fsp3) is 0.364. The predicted molar refractivity (Wildman–Crippen MR) is 55.8 cm³/mol. The van der Waals surface area contributed by atoms with Crippen LogP contribution >= 0.6 is 0 Å². The van der Waals surface area contributed by atoms with Gasteiger partial charge in [-0.1, -0.05) is 18.2 Å². The molecule has 0 unspecified atom stereocenters.